The van der Waals surface area contributed by atoms with Crippen molar-refractivity contribution in [2.75, 3.05) is 7.11 Å². The average molecular weight is 301 g/mol. The predicted octanol–water partition coefficient (Wildman–Crippen LogP) is 3.55. The minimum Gasteiger partial charge on any atom is -0.464 e. The van der Waals surface area contributed by atoms with Crippen LogP contribution in [0.25, 0.3) is 21.7 Å². The van der Waals surface area contributed by atoms with Gasteiger partial charge in [0.15, 0.2) is 22.2 Å². The molecule has 0 aliphatic rings. The number of furan rings is 1. The molecule has 3 aromatic rings. The minimum absolute atomic E-state index is 0.0328. The molecule has 2 aromatic heterocycles. The van der Waals surface area contributed by atoms with E-state index < -0.39 is 5.97 Å². The van der Waals surface area contributed by atoms with E-state index in [2.05, 4.69) is 9.72 Å². The van der Waals surface area contributed by atoms with Crippen molar-refractivity contribution in [2.24, 2.45) is 0 Å². The molecular formula is C15H11NO4S. The van der Waals surface area contributed by atoms with Crippen LogP contribution in [0.1, 0.15) is 27.1 Å². The molecule has 0 aliphatic heterocycles. The van der Waals surface area contributed by atoms with Crippen molar-refractivity contribution in [3.63, 3.8) is 0 Å². The molecule has 6 heteroatoms. The molecule has 21 heavy (non-hydrogen) atoms. The molecule has 3 rings (SSSR count). The fraction of sp³-hybridized carbons (Fsp3) is 0.133. The summed E-state index contributed by atoms with van der Waals surface area (Å²) in [5.74, 6) is -0.326. The summed E-state index contributed by atoms with van der Waals surface area (Å²) in [7, 11) is 1.26. The van der Waals surface area contributed by atoms with E-state index in [0.29, 0.717) is 10.8 Å². The Morgan fingerprint density at radius 3 is 2.71 bits per heavy atom. The summed E-state index contributed by atoms with van der Waals surface area (Å²) in [6, 6.07) is 9.38. The molecule has 0 radical (unpaired) electrons. The molecule has 0 aliphatic carbocycles. The molecule has 5 nitrogen and oxygen atoms in total. The number of thiazole rings is 1. The number of para-hydroxylation sites is 1. The quantitative estimate of drug-likeness (QED) is 0.546. The Kier molecular flexibility index (Phi) is 3.31. The van der Waals surface area contributed by atoms with Crippen LogP contribution < -0.4 is 0 Å². The fourth-order valence-electron chi connectivity index (χ4n) is 1.99. The third-order valence-electron chi connectivity index (χ3n) is 2.96. The van der Waals surface area contributed by atoms with Crippen LogP contribution >= 0.6 is 11.3 Å². The molecule has 0 amide bonds. The molecule has 0 spiro atoms. The molecular weight excluding hydrogens is 290 g/mol. The van der Waals surface area contributed by atoms with Gasteiger partial charge in [-0.05, 0) is 12.1 Å². The highest BCUT2D eigenvalue weighted by molar-refractivity contribution is 7.17. The SMILES string of the molecule is COC(=O)c1nc(-c2cc3ccccc3o2)sc1C(C)=O. The predicted molar refractivity (Wildman–Crippen MR) is 78.7 cm³/mol. The Labute approximate surface area is 124 Å². The Bertz CT molecular complexity index is 813. The van der Waals surface area contributed by atoms with E-state index in [-0.39, 0.29) is 16.4 Å². The number of ketones is 1. The zero-order valence-electron chi connectivity index (χ0n) is 11.4. The number of nitrogens with zero attached hydrogens (tertiary/aromatic N) is 1. The zero-order chi connectivity index (χ0) is 15.0. The van der Waals surface area contributed by atoms with Gasteiger partial charge in [0.25, 0.3) is 0 Å². The average Bonchev–Trinajstić information content (AvgIpc) is 3.09. The standard InChI is InChI=1S/C15H11NO4S/c1-8(17)13-12(15(18)19-2)16-14(21-13)11-7-9-5-3-4-6-10(9)20-11/h3-7H,1-2H3. The molecule has 106 valence electrons. The zero-order valence-corrected chi connectivity index (χ0v) is 12.2. The maximum Gasteiger partial charge on any atom is 0.358 e. The summed E-state index contributed by atoms with van der Waals surface area (Å²) in [4.78, 5) is 27.8. The third kappa shape index (κ3) is 2.34. The summed E-state index contributed by atoms with van der Waals surface area (Å²) >= 11 is 1.12. The highest BCUT2D eigenvalue weighted by Crippen LogP contribution is 2.32. The van der Waals surface area contributed by atoms with Crippen LogP contribution in [0, 0.1) is 0 Å². The van der Waals surface area contributed by atoms with E-state index in [0.717, 1.165) is 22.3 Å². The maximum atomic E-state index is 11.7. The van der Waals surface area contributed by atoms with Gasteiger partial charge in [-0.1, -0.05) is 18.2 Å². The largest absolute Gasteiger partial charge is 0.464 e. The number of ether oxygens (including phenoxy) is 1. The molecule has 1 aromatic carbocycles. The molecule has 0 bridgehead atoms. The lowest BCUT2D eigenvalue weighted by Gasteiger charge is -1.95. The first-order valence-electron chi connectivity index (χ1n) is 6.19. The van der Waals surface area contributed by atoms with Crippen molar-refractivity contribution in [1.29, 1.82) is 0 Å². The van der Waals surface area contributed by atoms with Gasteiger partial charge in [-0.3, -0.25) is 4.79 Å². The second-order valence-electron chi connectivity index (χ2n) is 4.39. The van der Waals surface area contributed by atoms with Gasteiger partial charge in [-0.15, -0.1) is 11.3 Å². The van der Waals surface area contributed by atoms with Crippen LogP contribution in [0.15, 0.2) is 34.7 Å². The third-order valence-corrected chi connectivity index (χ3v) is 4.13. The summed E-state index contributed by atoms with van der Waals surface area (Å²) < 4.78 is 10.4. The van der Waals surface area contributed by atoms with Gasteiger partial charge in [-0.25, -0.2) is 9.78 Å². The summed E-state index contributed by atoms with van der Waals surface area (Å²) in [5, 5.41) is 1.42. The van der Waals surface area contributed by atoms with Crippen molar-refractivity contribution in [1.82, 2.24) is 4.98 Å². The van der Waals surface area contributed by atoms with Crippen molar-refractivity contribution >= 4 is 34.1 Å². The van der Waals surface area contributed by atoms with Crippen LogP contribution in [0.3, 0.4) is 0 Å². The lowest BCUT2D eigenvalue weighted by molar-refractivity contribution is 0.0591. The Morgan fingerprint density at radius 1 is 1.29 bits per heavy atom. The summed E-state index contributed by atoms with van der Waals surface area (Å²) in [5.41, 5.74) is 0.761. The Morgan fingerprint density at radius 2 is 2.05 bits per heavy atom. The van der Waals surface area contributed by atoms with Gasteiger partial charge in [0.05, 0.1) is 7.11 Å². The highest BCUT2D eigenvalue weighted by atomic mass is 32.1. The van der Waals surface area contributed by atoms with Crippen LogP contribution in [-0.2, 0) is 4.74 Å². The molecule has 0 unspecified atom stereocenters. The number of rotatable bonds is 3. The normalized spacial score (nSPS) is 10.8. The van der Waals surface area contributed by atoms with Crippen molar-refractivity contribution in [3.8, 4) is 10.8 Å². The van der Waals surface area contributed by atoms with Gasteiger partial charge >= 0.3 is 5.97 Å². The number of hydrogen-bond donors (Lipinski definition) is 0. The van der Waals surface area contributed by atoms with E-state index >= 15 is 0 Å². The van der Waals surface area contributed by atoms with E-state index in [1.807, 2.05) is 30.3 Å². The van der Waals surface area contributed by atoms with Crippen LogP contribution in [0.4, 0.5) is 0 Å². The summed E-state index contributed by atoms with van der Waals surface area (Å²) in [6.45, 7) is 1.39. The molecule has 0 atom stereocenters. The van der Waals surface area contributed by atoms with E-state index in [9.17, 15) is 9.59 Å². The highest BCUT2D eigenvalue weighted by Gasteiger charge is 2.23. The minimum atomic E-state index is -0.626. The number of aromatic nitrogens is 1. The second kappa shape index (κ2) is 5.14. The molecule has 2 heterocycles. The lowest BCUT2D eigenvalue weighted by atomic mass is 10.2. The molecule has 0 saturated carbocycles. The molecule has 0 saturated heterocycles. The number of carbonyl (C=O) groups excluding carboxylic acids is 2. The number of methoxy groups -OCH3 is 1. The smallest absolute Gasteiger partial charge is 0.358 e. The number of benzene rings is 1. The van der Waals surface area contributed by atoms with Crippen molar-refractivity contribution in [2.45, 2.75) is 6.92 Å². The number of hydrogen-bond acceptors (Lipinski definition) is 6. The van der Waals surface area contributed by atoms with Crippen molar-refractivity contribution < 1.29 is 18.7 Å². The maximum absolute atomic E-state index is 11.7. The fourth-order valence-corrected chi connectivity index (χ4v) is 2.89. The monoisotopic (exact) mass is 301 g/mol. The Hall–Kier alpha value is -2.47. The Balaban J connectivity index is 2.14. The van der Waals surface area contributed by atoms with Crippen molar-refractivity contribution in [3.05, 3.63) is 40.9 Å². The van der Waals surface area contributed by atoms with Crippen LogP contribution in [0.2, 0.25) is 0 Å². The van der Waals surface area contributed by atoms with Gasteiger partial charge in [0, 0.05) is 12.3 Å². The number of carbonyl (C=O) groups is 2. The van der Waals surface area contributed by atoms with E-state index in [1.165, 1.54) is 14.0 Å². The number of esters is 1. The topological polar surface area (TPSA) is 69.4 Å². The van der Waals surface area contributed by atoms with Gasteiger partial charge in [-0.2, -0.15) is 0 Å². The number of fused-ring (bicyclic) bond motifs is 1. The van der Waals surface area contributed by atoms with E-state index in [4.69, 9.17) is 4.42 Å². The van der Waals surface area contributed by atoms with Crippen LogP contribution in [0.5, 0.6) is 0 Å². The first-order valence-corrected chi connectivity index (χ1v) is 7.01. The van der Waals surface area contributed by atoms with Gasteiger partial charge < -0.3 is 9.15 Å². The first kappa shape index (κ1) is 13.5. The van der Waals surface area contributed by atoms with Gasteiger partial charge in [0.1, 0.15) is 10.5 Å². The van der Waals surface area contributed by atoms with Gasteiger partial charge in [0.2, 0.25) is 0 Å². The number of Topliss-reactive ketones (excluding diaryl/α,β-unsaturated/α-hetero) is 1. The second-order valence-corrected chi connectivity index (χ2v) is 5.39. The lowest BCUT2D eigenvalue weighted by Crippen LogP contribution is -2.06. The van der Waals surface area contributed by atoms with E-state index in [1.54, 1.807) is 0 Å². The molecule has 0 fully saturated rings. The first-order chi connectivity index (χ1) is 10.1. The van der Waals surface area contributed by atoms with Crippen LogP contribution in [-0.4, -0.2) is 23.8 Å². The molecule has 0 N–H and O–H groups in total. The summed E-state index contributed by atoms with van der Waals surface area (Å²) in [6.07, 6.45) is 0.